The van der Waals surface area contributed by atoms with Gasteiger partial charge in [-0.3, -0.25) is 4.79 Å². The van der Waals surface area contributed by atoms with E-state index < -0.39 is 12.2 Å². The first-order valence-corrected chi connectivity index (χ1v) is 11.8. The molecule has 5 aromatic carbocycles. The van der Waals surface area contributed by atoms with Crippen LogP contribution in [0.4, 0.5) is 5.69 Å². The number of fused-ring (bicyclic) bond motifs is 2. The molecule has 1 heterocycles. The highest BCUT2D eigenvalue weighted by molar-refractivity contribution is 5.95. The van der Waals surface area contributed by atoms with E-state index in [1.54, 1.807) is 41.2 Å². The van der Waals surface area contributed by atoms with E-state index >= 15 is 0 Å². The first-order valence-electron chi connectivity index (χ1n) is 11.8. The molecule has 1 aromatic heterocycles. The molecule has 0 fully saturated rings. The fourth-order valence-electron chi connectivity index (χ4n) is 4.06. The minimum absolute atomic E-state index is 0.450. The van der Waals surface area contributed by atoms with E-state index in [0.29, 0.717) is 28.2 Å². The van der Waals surface area contributed by atoms with E-state index in [2.05, 4.69) is 27.6 Å². The highest BCUT2D eigenvalue weighted by atomic mass is 16.7. The van der Waals surface area contributed by atoms with Gasteiger partial charge in [0.25, 0.3) is 0 Å². The van der Waals surface area contributed by atoms with Gasteiger partial charge in [-0.05, 0) is 53.9 Å². The maximum Gasteiger partial charge on any atom is 0.321 e. The van der Waals surface area contributed by atoms with Crippen LogP contribution < -0.4 is 14.8 Å². The van der Waals surface area contributed by atoms with Crippen LogP contribution in [0, 0.1) is 0 Å². The number of carbonyl (C=O) groups is 1. The maximum atomic E-state index is 13.2. The molecule has 0 unspecified atom stereocenters. The summed E-state index contributed by atoms with van der Waals surface area (Å²) in [7, 11) is 0. The Balaban J connectivity index is 1.27. The van der Waals surface area contributed by atoms with Crippen molar-refractivity contribution in [3.8, 4) is 17.2 Å². The Bertz CT molecular complexity index is 1640. The molecule has 1 N–H and O–H groups in total. The summed E-state index contributed by atoms with van der Waals surface area (Å²) in [4.78, 5) is 14.9. The topological polar surface area (TPSA) is 78.3 Å². The predicted molar refractivity (Wildman–Crippen MR) is 143 cm³/mol. The van der Waals surface area contributed by atoms with E-state index in [1.807, 2.05) is 72.8 Å². The average molecular weight is 487 g/mol. The molecule has 0 atom stereocenters. The number of rotatable bonds is 7. The fraction of sp³-hybridized carbons (Fsp3) is 0.0333. The van der Waals surface area contributed by atoms with Gasteiger partial charge in [0, 0.05) is 11.1 Å². The summed E-state index contributed by atoms with van der Waals surface area (Å²) in [6.45, 7) is 0. The predicted octanol–water partition coefficient (Wildman–Crippen LogP) is 6.00. The lowest BCUT2D eigenvalue weighted by Crippen LogP contribution is -2.38. The fourth-order valence-corrected chi connectivity index (χ4v) is 4.06. The molecule has 0 aliphatic heterocycles. The lowest BCUT2D eigenvalue weighted by molar-refractivity contribution is -0.134. The molecule has 7 nitrogen and oxygen atoms in total. The number of ether oxygens (including phenoxy) is 2. The zero-order chi connectivity index (χ0) is 25.0. The first-order chi connectivity index (χ1) is 18.2. The van der Waals surface area contributed by atoms with Crippen LogP contribution in [0.5, 0.6) is 11.5 Å². The van der Waals surface area contributed by atoms with Crippen LogP contribution in [0.15, 0.2) is 121 Å². The number of benzene rings is 5. The Kier molecular flexibility index (Phi) is 5.93. The quantitative estimate of drug-likeness (QED) is 0.280. The number of hydrogen-bond acceptors (Lipinski definition) is 5. The molecule has 6 aromatic rings. The number of para-hydroxylation sites is 2. The van der Waals surface area contributed by atoms with Crippen molar-refractivity contribution in [1.82, 2.24) is 15.0 Å². The van der Waals surface area contributed by atoms with Crippen molar-refractivity contribution in [2.24, 2.45) is 0 Å². The average Bonchev–Trinajstić information content (AvgIpc) is 3.37. The van der Waals surface area contributed by atoms with E-state index in [-0.39, 0.29) is 0 Å². The third-order valence-corrected chi connectivity index (χ3v) is 5.82. The van der Waals surface area contributed by atoms with Crippen molar-refractivity contribution in [3.63, 3.8) is 0 Å². The van der Waals surface area contributed by atoms with Crippen LogP contribution in [-0.4, -0.2) is 27.2 Å². The third kappa shape index (κ3) is 4.83. The van der Waals surface area contributed by atoms with Gasteiger partial charge in [0.2, 0.25) is 0 Å². The molecule has 0 radical (unpaired) electrons. The Hall–Kier alpha value is -5.17. The van der Waals surface area contributed by atoms with Gasteiger partial charge in [0.15, 0.2) is 0 Å². The van der Waals surface area contributed by atoms with Gasteiger partial charge < -0.3 is 14.8 Å². The molecule has 1 amide bonds. The molecular weight excluding hydrogens is 464 g/mol. The number of hydrogen-bond donors (Lipinski definition) is 1. The SMILES string of the molecule is O=C(Nc1ccc2nn(-c3cccc4ccccc34)nc2c1)C(Oc1ccccc1)Oc1ccccc1. The first kappa shape index (κ1) is 22.3. The Morgan fingerprint density at radius 2 is 1.30 bits per heavy atom. The van der Waals surface area contributed by atoms with E-state index in [9.17, 15) is 4.79 Å². The lowest BCUT2D eigenvalue weighted by atomic mass is 10.1. The monoisotopic (exact) mass is 486 g/mol. The highest BCUT2D eigenvalue weighted by Gasteiger charge is 2.23. The van der Waals surface area contributed by atoms with Crippen molar-refractivity contribution in [2.45, 2.75) is 6.29 Å². The summed E-state index contributed by atoms with van der Waals surface area (Å²) in [5, 5.41) is 14.4. The standard InChI is InChI=1S/C30H22N4O3/c35-29(30(36-23-12-3-1-4-13-23)37-24-14-5-2-6-15-24)31-22-18-19-26-27(20-22)33-34(32-26)28-17-9-11-21-10-7-8-16-25(21)28/h1-20,30H,(H,31,35). The Morgan fingerprint density at radius 3 is 2.03 bits per heavy atom. The summed E-state index contributed by atoms with van der Waals surface area (Å²) >= 11 is 0. The number of nitrogens with one attached hydrogen (secondary N) is 1. The zero-order valence-electron chi connectivity index (χ0n) is 19.7. The maximum absolute atomic E-state index is 13.2. The molecule has 0 saturated carbocycles. The summed E-state index contributed by atoms with van der Waals surface area (Å²) in [5.41, 5.74) is 2.80. The number of nitrogens with zero attached hydrogens (tertiary/aromatic N) is 3. The van der Waals surface area contributed by atoms with Gasteiger partial charge >= 0.3 is 12.2 Å². The Morgan fingerprint density at radius 1 is 0.676 bits per heavy atom. The van der Waals surface area contributed by atoms with E-state index in [0.717, 1.165) is 16.5 Å². The summed E-state index contributed by atoms with van der Waals surface area (Å²) in [6, 6.07) is 37.7. The molecule has 6 rings (SSSR count). The van der Waals surface area contributed by atoms with Gasteiger partial charge in [-0.1, -0.05) is 72.8 Å². The second-order valence-corrected chi connectivity index (χ2v) is 8.37. The Labute approximate surface area is 212 Å². The summed E-state index contributed by atoms with van der Waals surface area (Å²) in [6.07, 6.45) is -1.20. The highest BCUT2D eigenvalue weighted by Crippen LogP contribution is 2.24. The number of amides is 1. The normalized spacial score (nSPS) is 11.1. The van der Waals surface area contributed by atoms with Crippen LogP contribution >= 0.6 is 0 Å². The van der Waals surface area contributed by atoms with Crippen molar-refractivity contribution in [1.29, 1.82) is 0 Å². The van der Waals surface area contributed by atoms with E-state index in [4.69, 9.17) is 9.47 Å². The van der Waals surface area contributed by atoms with Crippen LogP contribution in [0.1, 0.15) is 0 Å². The molecular formula is C30H22N4O3. The largest absolute Gasteiger partial charge is 0.446 e. The molecule has 37 heavy (non-hydrogen) atoms. The lowest BCUT2D eigenvalue weighted by Gasteiger charge is -2.20. The summed E-state index contributed by atoms with van der Waals surface area (Å²) in [5.74, 6) is 0.590. The number of aromatic nitrogens is 3. The van der Waals surface area contributed by atoms with Crippen molar-refractivity contribution < 1.29 is 14.3 Å². The number of anilines is 1. The van der Waals surface area contributed by atoms with Gasteiger partial charge in [-0.15, -0.1) is 15.0 Å². The van der Waals surface area contributed by atoms with Crippen molar-refractivity contribution in [2.75, 3.05) is 5.32 Å². The smallest absolute Gasteiger partial charge is 0.321 e. The van der Waals surface area contributed by atoms with Crippen LogP contribution in [0.25, 0.3) is 27.5 Å². The molecule has 7 heteroatoms. The van der Waals surface area contributed by atoms with Gasteiger partial charge in [-0.25, -0.2) is 0 Å². The molecule has 180 valence electrons. The molecule has 0 bridgehead atoms. The molecule has 0 spiro atoms. The van der Waals surface area contributed by atoms with Crippen molar-refractivity contribution in [3.05, 3.63) is 121 Å². The van der Waals surface area contributed by atoms with Crippen LogP contribution in [0.3, 0.4) is 0 Å². The van der Waals surface area contributed by atoms with Crippen LogP contribution in [-0.2, 0) is 4.79 Å². The number of carbonyl (C=O) groups excluding carboxylic acids is 1. The minimum atomic E-state index is -1.20. The minimum Gasteiger partial charge on any atom is -0.446 e. The van der Waals surface area contributed by atoms with E-state index in [1.165, 1.54) is 0 Å². The van der Waals surface area contributed by atoms with Gasteiger partial charge in [-0.2, -0.15) is 0 Å². The molecule has 0 aliphatic carbocycles. The third-order valence-electron chi connectivity index (χ3n) is 5.82. The molecule has 0 aliphatic rings. The molecule has 0 saturated heterocycles. The second-order valence-electron chi connectivity index (χ2n) is 8.37. The zero-order valence-corrected chi connectivity index (χ0v) is 19.7. The van der Waals surface area contributed by atoms with Crippen LogP contribution in [0.2, 0.25) is 0 Å². The second kappa shape index (κ2) is 9.83. The summed E-state index contributed by atoms with van der Waals surface area (Å²) < 4.78 is 11.8. The van der Waals surface area contributed by atoms with Gasteiger partial charge in [0.05, 0.1) is 5.69 Å². The van der Waals surface area contributed by atoms with Crippen molar-refractivity contribution >= 4 is 33.4 Å². The van der Waals surface area contributed by atoms with Gasteiger partial charge in [0.1, 0.15) is 22.5 Å².